The normalized spacial score (nSPS) is 12.1. The maximum Gasteiger partial charge on any atom is 0.416 e. The van der Waals surface area contributed by atoms with E-state index in [9.17, 15) is 26.3 Å². The highest BCUT2D eigenvalue weighted by molar-refractivity contribution is 5.88. The molecule has 1 aromatic heterocycles. The third-order valence-corrected chi connectivity index (χ3v) is 7.73. The quantitative estimate of drug-likeness (QED) is 0.180. The zero-order chi connectivity index (χ0) is 31.1. The molecule has 6 aromatic rings. The number of hydrogen-bond acceptors (Lipinski definition) is 1. The van der Waals surface area contributed by atoms with E-state index in [0.717, 1.165) is 50.9 Å². The molecule has 0 aliphatic carbocycles. The van der Waals surface area contributed by atoms with E-state index in [1.807, 2.05) is 79.7 Å². The molecule has 6 rings (SSSR count). The van der Waals surface area contributed by atoms with Crippen LogP contribution in [-0.4, -0.2) is 4.98 Å². The van der Waals surface area contributed by atoms with E-state index in [4.69, 9.17) is 0 Å². The Morgan fingerprint density at radius 3 is 1.48 bits per heavy atom. The summed E-state index contributed by atoms with van der Waals surface area (Å²) in [5, 5.41) is 0.933. The summed E-state index contributed by atoms with van der Waals surface area (Å²) in [5.41, 5.74) is 6.53. The minimum Gasteiger partial charge on any atom is -0.256 e. The number of aryl methyl sites for hydroxylation is 1. The molecule has 0 spiro atoms. The second kappa shape index (κ2) is 11.3. The molecule has 0 bridgehead atoms. The van der Waals surface area contributed by atoms with Gasteiger partial charge in [0.1, 0.15) is 0 Å². The molecule has 0 unspecified atom stereocenters. The average molecular weight is 598 g/mol. The second-order valence-corrected chi connectivity index (χ2v) is 10.6. The van der Waals surface area contributed by atoms with E-state index in [1.165, 1.54) is 24.3 Å². The lowest BCUT2D eigenvalue weighted by Crippen LogP contribution is -2.06. The zero-order valence-electron chi connectivity index (χ0n) is 23.5. The molecule has 0 aliphatic heterocycles. The third kappa shape index (κ3) is 6.09. The lowest BCUT2D eigenvalue weighted by atomic mass is 9.96. The molecule has 0 N–H and O–H groups in total. The van der Waals surface area contributed by atoms with Gasteiger partial charge in [-0.3, -0.25) is 4.98 Å². The van der Waals surface area contributed by atoms with Gasteiger partial charge in [0.05, 0.1) is 16.6 Å². The van der Waals surface area contributed by atoms with Gasteiger partial charge in [-0.15, -0.1) is 0 Å². The van der Waals surface area contributed by atoms with Crippen molar-refractivity contribution in [1.29, 1.82) is 0 Å². The number of pyridine rings is 1. The second-order valence-electron chi connectivity index (χ2n) is 10.6. The van der Waals surface area contributed by atoms with Gasteiger partial charge in [-0.05, 0) is 87.3 Å². The van der Waals surface area contributed by atoms with Gasteiger partial charge in [-0.25, -0.2) is 0 Å². The molecule has 7 heteroatoms. The number of aromatic nitrogens is 1. The Balaban J connectivity index is 1.22. The maximum atomic E-state index is 13.4. The summed E-state index contributed by atoms with van der Waals surface area (Å²) in [6.45, 7) is 1.83. The van der Waals surface area contributed by atoms with Crippen molar-refractivity contribution in [2.24, 2.45) is 0 Å². The van der Waals surface area contributed by atoms with Gasteiger partial charge in [0, 0.05) is 17.1 Å². The van der Waals surface area contributed by atoms with Gasteiger partial charge in [-0.1, -0.05) is 85.8 Å². The van der Waals surface area contributed by atoms with Crippen LogP contribution in [0.3, 0.4) is 0 Å². The van der Waals surface area contributed by atoms with Gasteiger partial charge in [0.15, 0.2) is 0 Å². The van der Waals surface area contributed by atoms with Crippen LogP contribution >= 0.6 is 0 Å². The summed E-state index contributed by atoms with van der Waals surface area (Å²) in [6.07, 6.45) is -6.50. The molecule has 0 saturated carbocycles. The molecule has 0 radical (unpaired) electrons. The summed E-state index contributed by atoms with van der Waals surface area (Å²) in [5.74, 6) is 0. The Morgan fingerprint density at radius 2 is 0.932 bits per heavy atom. The van der Waals surface area contributed by atoms with Gasteiger partial charge in [0.2, 0.25) is 0 Å². The molecule has 0 saturated heterocycles. The Labute approximate surface area is 250 Å². The molecule has 1 heterocycles. The largest absolute Gasteiger partial charge is 0.416 e. The molecule has 44 heavy (non-hydrogen) atoms. The maximum absolute atomic E-state index is 13.4. The van der Waals surface area contributed by atoms with Crippen molar-refractivity contribution in [2.75, 3.05) is 0 Å². The SMILES string of the molecule is CCc1cc(-c2ccc(-c3cnc4cc(-c5ccc(-c6ccc(C(F)(F)F)cc6)cc5)ccc4c3)cc2)cc(C(F)(F)F)c1. The summed E-state index contributed by atoms with van der Waals surface area (Å²) < 4.78 is 78.9. The Hall–Kier alpha value is -4.91. The molecule has 0 aliphatic rings. The predicted octanol–water partition coefficient (Wildman–Crippen LogP) is 11.5. The highest BCUT2D eigenvalue weighted by Gasteiger charge is 2.31. The minimum absolute atomic E-state index is 0.507. The molecule has 1 nitrogen and oxygen atoms in total. The Bertz CT molecular complexity index is 1940. The Morgan fingerprint density at radius 1 is 0.455 bits per heavy atom. The van der Waals surface area contributed by atoms with Crippen molar-refractivity contribution in [3.05, 3.63) is 138 Å². The number of alkyl halides is 6. The lowest BCUT2D eigenvalue weighted by Gasteiger charge is -2.12. The van der Waals surface area contributed by atoms with Crippen LogP contribution in [0.15, 0.2) is 121 Å². The zero-order valence-corrected chi connectivity index (χ0v) is 23.5. The van der Waals surface area contributed by atoms with Crippen LogP contribution < -0.4 is 0 Å². The minimum atomic E-state index is -4.41. The third-order valence-electron chi connectivity index (χ3n) is 7.73. The number of hydrogen-bond donors (Lipinski definition) is 0. The van der Waals surface area contributed by atoms with Crippen molar-refractivity contribution in [2.45, 2.75) is 25.7 Å². The first-order chi connectivity index (χ1) is 21.0. The van der Waals surface area contributed by atoms with Gasteiger partial charge in [0.25, 0.3) is 0 Å². The van der Waals surface area contributed by atoms with Gasteiger partial charge < -0.3 is 0 Å². The standard InChI is InChI=1S/C37H25F6N/c1-2-23-17-31(20-34(18-23)37(41,42)43)27-7-9-28(10-8-27)32-19-30-12-11-29(21-35(30)44-22-32)26-5-3-24(4-6-26)25-13-15-33(16-14-25)36(38,39)40/h3-22H,2H2,1H3. The monoisotopic (exact) mass is 597 g/mol. The number of halogens is 6. The van der Waals surface area contributed by atoms with Crippen molar-refractivity contribution in [3.63, 3.8) is 0 Å². The summed E-state index contributed by atoms with van der Waals surface area (Å²) >= 11 is 0. The van der Waals surface area contributed by atoms with E-state index in [2.05, 4.69) is 4.98 Å². The first-order valence-electron chi connectivity index (χ1n) is 14.0. The number of fused-ring (bicyclic) bond motifs is 1. The van der Waals surface area contributed by atoms with Crippen molar-refractivity contribution in [3.8, 4) is 44.5 Å². The average Bonchev–Trinajstić information content (AvgIpc) is 3.03. The highest BCUT2D eigenvalue weighted by atomic mass is 19.4. The fourth-order valence-electron chi connectivity index (χ4n) is 5.25. The lowest BCUT2D eigenvalue weighted by molar-refractivity contribution is -0.138. The molecule has 5 aromatic carbocycles. The van der Waals surface area contributed by atoms with Crippen molar-refractivity contribution in [1.82, 2.24) is 4.98 Å². The van der Waals surface area contributed by atoms with Crippen LogP contribution in [0.25, 0.3) is 55.4 Å². The predicted molar refractivity (Wildman–Crippen MR) is 163 cm³/mol. The fraction of sp³-hybridized carbons (Fsp3) is 0.108. The first-order valence-corrected chi connectivity index (χ1v) is 14.0. The van der Waals surface area contributed by atoms with Gasteiger partial charge in [-0.2, -0.15) is 26.3 Å². The van der Waals surface area contributed by atoms with Crippen LogP contribution in [0, 0.1) is 0 Å². The van der Waals surface area contributed by atoms with Crippen molar-refractivity contribution < 1.29 is 26.3 Å². The summed E-state index contributed by atoms with van der Waals surface area (Å²) in [4.78, 5) is 4.66. The van der Waals surface area contributed by atoms with E-state index in [0.29, 0.717) is 28.7 Å². The number of benzene rings is 5. The number of nitrogens with zero attached hydrogens (tertiary/aromatic N) is 1. The van der Waals surface area contributed by atoms with E-state index < -0.39 is 23.5 Å². The van der Waals surface area contributed by atoms with Crippen LogP contribution in [0.4, 0.5) is 26.3 Å². The van der Waals surface area contributed by atoms with E-state index in [-0.39, 0.29) is 0 Å². The molecule has 0 amide bonds. The van der Waals surface area contributed by atoms with E-state index in [1.54, 1.807) is 12.3 Å². The fourth-order valence-corrected chi connectivity index (χ4v) is 5.25. The summed E-state index contributed by atoms with van der Waals surface area (Å²) in [7, 11) is 0. The van der Waals surface area contributed by atoms with Gasteiger partial charge >= 0.3 is 12.4 Å². The van der Waals surface area contributed by atoms with E-state index >= 15 is 0 Å². The summed E-state index contributed by atoms with van der Waals surface area (Å²) in [6, 6.07) is 32.3. The van der Waals surface area contributed by atoms with Crippen LogP contribution in [0.1, 0.15) is 23.6 Å². The smallest absolute Gasteiger partial charge is 0.256 e. The molecule has 220 valence electrons. The Kier molecular flexibility index (Phi) is 7.49. The topological polar surface area (TPSA) is 12.9 Å². The molecule has 0 atom stereocenters. The molecule has 0 fully saturated rings. The first kappa shape index (κ1) is 29.2. The highest BCUT2D eigenvalue weighted by Crippen LogP contribution is 2.35. The van der Waals surface area contributed by atoms with Crippen LogP contribution in [0.5, 0.6) is 0 Å². The number of rotatable bonds is 5. The van der Waals surface area contributed by atoms with Crippen LogP contribution in [0.2, 0.25) is 0 Å². The van der Waals surface area contributed by atoms with Crippen molar-refractivity contribution >= 4 is 10.9 Å². The molecular formula is C37H25F6N. The molecular weight excluding hydrogens is 572 g/mol. The van der Waals surface area contributed by atoms with Crippen LogP contribution in [-0.2, 0) is 18.8 Å².